The van der Waals surface area contributed by atoms with Crippen LogP contribution in [0, 0.1) is 13.8 Å². The topological polar surface area (TPSA) is 121 Å². The van der Waals surface area contributed by atoms with Crippen LogP contribution in [-0.2, 0) is 17.8 Å². The standard InChI is InChI=1S/C41H45N7O4/c1-28-9-8-10-29(2)38(28)45-39(50)34-27-43-41(44-32-15-17-33(18-16-32)48-23-21-47(3)22-24-48)46-40(34)52-36-25-30(13-19-35(36)51-4)14-20-37(49)42-26-31-11-6-5-7-12-31/h5-13,15-19,25,27H,14,20-24,26H2,1-4H3,(H,42,49)(H,45,50)(H,43,44,46). The first-order chi connectivity index (χ1) is 25.2. The predicted molar refractivity (Wildman–Crippen MR) is 205 cm³/mol. The molecule has 52 heavy (non-hydrogen) atoms. The van der Waals surface area contributed by atoms with E-state index >= 15 is 0 Å². The molecule has 0 saturated carbocycles. The van der Waals surface area contributed by atoms with Crippen LogP contribution in [0.15, 0.2) is 97.2 Å². The number of hydrogen-bond donors (Lipinski definition) is 3. The summed E-state index contributed by atoms with van der Waals surface area (Å²) in [5.41, 5.74) is 6.56. The second-order valence-corrected chi connectivity index (χ2v) is 12.9. The van der Waals surface area contributed by atoms with Gasteiger partial charge in [0.05, 0.1) is 7.11 Å². The van der Waals surface area contributed by atoms with Crippen molar-refractivity contribution in [2.45, 2.75) is 33.2 Å². The Morgan fingerprint density at radius 1 is 0.827 bits per heavy atom. The van der Waals surface area contributed by atoms with Crippen molar-refractivity contribution < 1.29 is 19.1 Å². The second kappa shape index (κ2) is 16.8. The number of para-hydroxylation sites is 1. The Bertz CT molecular complexity index is 1980. The summed E-state index contributed by atoms with van der Waals surface area (Å²) in [5.74, 6) is 0.636. The molecule has 11 nitrogen and oxygen atoms in total. The van der Waals surface area contributed by atoms with Crippen LogP contribution >= 0.6 is 0 Å². The van der Waals surface area contributed by atoms with E-state index in [-0.39, 0.29) is 29.7 Å². The first-order valence-electron chi connectivity index (χ1n) is 17.5. The number of likely N-dealkylation sites (N-methyl/N-ethyl adjacent to an activating group) is 1. The Kier molecular flexibility index (Phi) is 11.6. The van der Waals surface area contributed by atoms with E-state index in [2.05, 4.69) is 54.9 Å². The molecule has 1 saturated heterocycles. The fourth-order valence-electron chi connectivity index (χ4n) is 6.01. The third kappa shape index (κ3) is 9.23. The molecule has 4 aromatic carbocycles. The summed E-state index contributed by atoms with van der Waals surface area (Å²) < 4.78 is 12.0. The minimum atomic E-state index is -0.416. The van der Waals surface area contributed by atoms with Crippen molar-refractivity contribution in [2.75, 3.05) is 55.9 Å². The smallest absolute Gasteiger partial charge is 0.262 e. The quantitative estimate of drug-likeness (QED) is 0.121. The number of nitrogens with zero attached hydrogens (tertiary/aromatic N) is 4. The molecule has 0 atom stereocenters. The number of aryl methyl sites for hydroxylation is 3. The number of benzene rings is 4. The average molecular weight is 700 g/mol. The fraction of sp³-hybridized carbons (Fsp3) is 0.268. The zero-order chi connectivity index (χ0) is 36.5. The normalized spacial score (nSPS) is 13.0. The molecule has 0 bridgehead atoms. The highest BCUT2D eigenvalue weighted by atomic mass is 16.5. The van der Waals surface area contributed by atoms with Gasteiger partial charge in [0.25, 0.3) is 5.91 Å². The van der Waals surface area contributed by atoms with E-state index in [0.717, 1.165) is 59.8 Å². The number of methoxy groups -OCH3 is 1. The number of rotatable bonds is 13. The van der Waals surface area contributed by atoms with Gasteiger partial charge in [0.2, 0.25) is 17.7 Å². The predicted octanol–water partition coefficient (Wildman–Crippen LogP) is 6.89. The van der Waals surface area contributed by atoms with Crippen molar-refractivity contribution in [1.29, 1.82) is 0 Å². The lowest BCUT2D eigenvalue weighted by Gasteiger charge is -2.34. The lowest BCUT2D eigenvalue weighted by Crippen LogP contribution is -2.44. The number of carbonyl (C=O) groups is 2. The van der Waals surface area contributed by atoms with Crippen molar-refractivity contribution in [3.63, 3.8) is 0 Å². The second-order valence-electron chi connectivity index (χ2n) is 12.9. The molecule has 1 fully saturated rings. The maximum absolute atomic E-state index is 13.8. The molecule has 0 radical (unpaired) electrons. The first kappa shape index (κ1) is 35.9. The Hall–Kier alpha value is -5.94. The number of nitrogens with one attached hydrogen (secondary N) is 3. The highest BCUT2D eigenvalue weighted by Crippen LogP contribution is 2.35. The van der Waals surface area contributed by atoms with Crippen molar-refractivity contribution in [3.05, 3.63) is 125 Å². The van der Waals surface area contributed by atoms with Crippen LogP contribution in [0.3, 0.4) is 0 Å². The highest BCUT2D eigenvalue weighted by Gasteiger charge is 2.21. The zero-order valence-electron chi connectivity index (χ0n) is 30.1. The van der Waals surface area contributed by atoms with Gasteiger partial charge in [0.1, 0.15) is 5.56 Å². The minimum Gasteiger partial charge on any atom is -0.493 e. The maximum atomic E-state index is 13.8. The molecule has 0 aliphatic carbocycles. The SMILES string of the molecule is COc1ccc(CCC(=O)NCc2ccccc2)cc1Oc1nc(Nc2ccc(N3CCN(C)CC3)cc2)ncc1C(=O)Nc1c(C)cccc1C. The van der Waals surface area contributed by atoms with Gasteiger partial charge < -0.3 is 35.2 Å². The lowest BCUT2D eigenvalue weighted by molar-refractivity contribution is -0.121. The van der Waals surface area contributed by atoms with E-state index in [9.17, 15) is 9.59 Å². The van der Waals surface area contributed by atoms with Crippen LogP contribution < -0.4 is 30.3 Å². The van der Waals surface area contributed by atoms with E-state index in [1.165, 1.54) is 6.20 Å². The third-order valence-corrected chi connectivity index (χ3v) is 9.12. The molecule has 1 aliphatic rings. The van der Waals surface area contributed by atoms with Crippen molar-refractivity contribution in [3.8, 4) is 17.4 Å². The van der Waals surface area contributed by atoms with E-state index < -0.39 is 5.91 Å². The molecule has 11 heteroatoms. The van der Waals surface area contributed by atoms with E-state index in [1.807, 2.05) is 86.6 Å². The minimum absolute atomic E-state index is 0.0475. The van der Waals surface area contributed by atoms with Crippen LogP contribution in [0.4, 0.5) is 23.0 Å². The van der Waals surface area contributed by atoms with Crippen LogP contribution in [0.1, 0.15) is 39.0 Å². The fourth-order valence-corrected chi connectivity index (χ4v) is 6.01. The summed E-state index contributed by atoms with van der Waals surface area (Å²) in [6.45, 7) is 8.35. The van der Waals surface area contributed by atoms with Gasteiger partial charge in [0.15, 0.2) is 11.5 Å². The molecular formula is C41H45N7O4. The van der Waals surface area contributed by atoms with E-state index in [4.69, 9.17) is 9.47 Å². The molecule has 2 amide bonds. The number of hydrogen-bond acceptors (Lipinski definition) is 9. The summed E-state index contributed by atoms with van der Waals surface area (Å²) in [5, 5.41) is 9.26. The van der Waals surface area contributed by atoms with Crippen LogP contribution in [-0.4, -0.2) is 67.0 Å². The number of aromatic nitrogens is 2. The van der Waals surface area contributed by atoms with Crippen molar-refractivity contribution >= 4 is 34.8 Å². The summed E-state index contributed by atoms with van der Waals surface area (Å²) >= 11 is 0. The van der Waals surface area contributed by atoms with Gasteiger partial charge in [0, 0.05) is 62.4 Å². The van der Waals surface area contributed by atoms with Gasteiger partial charge in [-0.05, 0) is 86.0 Å². The molecular weight excluding hydrogens is 654 g/mol. The molecule has 3 N–H and O–H groups in total. The van der Waals surface area contributed by atoms with E-state index in [1.54, 1.807) is 13.2 Å². The Balaban J connectivity index is 1.23. The molecule has 0 spiro atoms. The van der Waals surface area contributed by atoms with Gasteiger partial charge in [-0.2, -0.15) is 4.98 Å². The van der Waals surface area contributed by atoms with Gasteiger partial charge >= 0.3 is 0 Å². The largest absolute Gasteiger partial charge is 0.493 e. The molecule has 5 aromatic rings. The van der Waals surface area contributed by atoms with E-state index in [0.29, 0.717) is 30.2 Å². The lowest BCUT2D eigenvalue weighted by atomic mass is 10.1. The average Bonchev–Trinajstić information content (AvgIpc) is 3.16. The summed E-state index contributed by atoms with van der Waals surface area (Å²) in [6.07, 6.45) is 2.22. The molecule has 0 unspecified atom stereocenters. The summed E-state index contributed by atoms with van der Waals surface area (Å²) in [4.78, 5) is 40.3. The molecule has 268 valence electrons. The van der Waals surface area contributed by atoms with Gasteiger partial charge in [-0.3, -0.25) is 9.59 Å². The van der Waals surface area contributed by atoms with Crippen molar-refractivity contribution in [2.24, 2.45) is 0 Å². The third-order valence-electron chi connectivity index (χ3n) is 9.12. The molecule has 1 aromatic heterocycles. The van der Waals surface area contributed by atoms with Gasteiger partial charge in [-0.1, -0.05) is 54.6 Å². The number of anilines is 4. The molecule has 6 rings (SSSR count). The molecule has 2 heterocycles. The number of amides is 2. The first-order valence-corrected chi connectivity index (χ1v) is 17.5. The van der Waals surface area contributed by atoms with Crippen molar-refractivity contribution in [1.82, 2.24) is 20.2 Å². The number of carbonyl (C=O) groups excluding carboxylic acids is 2. The van der Waals surface area contributed by atoms with Gasteiger partial charge in [-0.25, -0.2) is 4.98 Å². The number of ether oxygens (including phenoxy) is 2. The van der Waals surface area contributed by atoms with Gasteiger partial charge in [-0.15, -0.1) is 0 Å². The zero-order valence-corrected chi connectivity index (χ0v) is 30.1. The van der Waals surface area contributed by atoms with Crippen LogP contribution in [0.25, 0.3) is 0 Å². The van der Waals surface area contributed by atoms with Crippen LogP contribution in [0.5, 0.6) is 17.4 Å². The summed E-state index contributed by atoms with van der Waals surface area (Å²) in [6, 6.07) is 29.2. The highest BCUT2D eigenvalue weighted by molar-refractivity contribution is 6.06. The Morgan fingerprint density at radius 2 is 1.56 bits per heavy atom. The Morgan fingerprint density at radius 3 is 2.27 bits per heavy atom. The maximum Gasteiger partial charge on any atom is 0.262 e. The summed E-state index contributed by atoms with van der Waals surface area (Å²) in [7, 11) is 3.69. The molecule has 1 aliphatic heterocycles. The van der Waals surface area contributed by atoms with Crippen LogP contribution in [0.2, 0.25) is 0 Å². The monoisotopic (exact) mass is 699 g/mol. The number of piperazine rings is 1. The Labute approximate surface area is 305 Å².